The lowest BCUT2D eigenvalue weighted by molar-refractivity contribution is -0.0927. The van der Waals surface area contributed by atoms with E-state index in [1.165, 1.54) is 0 Å². The van der Waals surface area contributed by atoms with Gasteiger partial charge in [-0.15, -0.1) is 0 Å². The quantitative estimate of drug-likeness (QED) is 0.752. The van der Waals surface area contributed by atoms with E-state index in [0.29, 0.717) is 6.04 Å². The second kappa shape index (κ2) is 5.65. The van der Waals surface area contributed by atoms with E-state index in [0.717, 1.165) is 26.2 Å². The summed E-state index contributed by atoms with van der Waals surface area (Å²) in [6.45, 7) is 14.2. The molecule has 0 saturated carbocycles. The Morgan fingerprint density at radius 3 is 2.59 bits per heavy atom. The molecule has 2 N–H and O–H groups in total. The monoisotopic (exact) mass is 244 g/mol. The van der Waals surface area contributed by atoms with Crippen LogP contribution in [0.5, 0.6) is 0 Å². The second-order valence-electron chi connectivity index (χ2n) is 6.34. The summed E-state index contributed by atoms with van der Waals surface area (Å²) in [4.78, 5) is 2.37. The third-order valence-electron chi connectivity index (χ3n) is 3.06. The SMILES string of the molecule is CC(C)NC(C)(CO)CN1CCOC(C)(C)C1. The summed E-state index contributed by atoms with van der Waals surface area (Å²) in [5.41, 5.74) is -0.311. The second-order valence-corrected chi connectivity index (χ2v) is 6.34. The molecule has 1 aliphatic rings. The summed E-state index contributed by atoms with van der Waals surface area (Å²) in [6, 6.07) is 0.376. The summed E-state index contributed by atoms with van der Waals surface area (Å²) in [5, 5.41) is 13.0. The number of aliphatic hydroxyl groups is 1. The lowest BCUT2D eigenvalue weighted by Gasteiger charge is -2.43. The predicted octanol–water partition coefficient (Wildman–Crippen LogP) is 0.846. The summed E-state index contributed by atoms with van der Waals surface area (Å²) in [6.07, 6.45) is 0. The van der Waals surface area contributed by atoms with Crippen molar-refractivity contribution in [2.45, 2.75) is 51.8 Å². The van der Waals surface area contributed by atoms with E-state index in [9.17, 15) is 5.11 Å². The van der Waals surface area contributed by atoms with Crippen LogP contribution >= 0.6 is 0 Å². The fourth-order valence-electron chi connectivity index (χ4n) is 2.58. The molecule has 1 heterocycles. The Bertz CT molecular complexity index is 244. The minimum absolute atomic E-state index is 0.0769. The molecule has 0 aliphatic carbocycles. The molecule has 0 amide bonds. The normalized spacial score (nSPS) is 24.9. The first-order valence-electron chi connectivity index (χ1n) is 6.51. The maximum Gasteiger partial charge on any atom is 0.0753 e. The van der Waals surface area contributed by atoms with Gasteiger partial charge in [-0.2, -0.15) is 0 Å². The van der Waals surface area contributed by atoms with Crippen molar-refractivity contribution < 1.29 is 9.84 Å². The molecule has 1 saturated heterocycles. The number of morpholine rings is 1. The van der Waals surface area contributed by atoms with E-state index in [2.05, 4.69) is 44.8 Å². The van der Waals surface area contributed by atoms with Crippen LogP contribution in [0.25, 0.3) is 0 Å². The molecule has 17 heavy (non-hydrogen) atoms. The number of aliphatic hydroxyl groups excluding tert-OH is 1. The number of nitrogens with one attached hydrogen (secondary N) is 1. The van der Waals surface area contributed by atoms with E-state index in [4.69, 9.17) is 4.74 Å². The molecule has 0 aromatic heterocycles. The number of rotatable bonds is 5. The van der Waals surface area contributed by atoms with Gasteiger partial charge in [-0.05, 0) is 20.8 Å². The van der Waals surface area contributed by atoms with Gasteiger partial charge in [0.1, 0.15) is 0 Å². The molecule has 0 bridgehead atoms. The molecular formula is C13H28N2O2. The van der Waals surface area contributed by atoms with Crippen LogP contribution in [0.1, 0.15) is 34.6 Å². The van der Waals surface area contributed by atoms with E-state index in [1.807, 2.05) is 0 Å². The molecule has 102 valence electrons. The summed E-state index contributed by atoms with van der Waals surface area (Å²) >= 11 is 0. The van der Waals surface area contributed by atoms with Crippen molar-refractivity contribution in [3.63, 3.8) is 0 Å². The number of hydrogen-bond donors (Lipinski definition) is 2. The minimum atomic E-state index is -0.235. The first kappa shape index (κ1) is 14.9. The molecular weight excluding hydrogens is 216 g/mol. The van der Waals surface area contributed by atoms with Gasteiger partial charge in [0.2, 0.25) is 0 Å². The van der Waals surface area contributed by atoms with Crippen LogP contribution in [0, 0.1) is 0 Å². The molecule has 0 aromatic rings. The molecule has 1 rings (SSSR count). The Hall–Kier alpha value is -0.160. The third-order valence-corrected chi connectivity index (χ3v) is 3.06. The molecule has 4 nitrogen and oxygen atoms in total. The van der Waals surface area contributed by atoms with Gasteiger partial charge in [0.25, 0.3) is 0 Å². The van der Waals surface area contributed by atoms with Gasteiger partial charge in [-0.25, -0.2) is 0 Å². The number of ether oxygens (including phenoxy) is 1. The zero-order chi connectivity index (χ0) is 13.1. The van der Waals surface area contributed by atoms with Crippen molar-refractivity contribution in [1.82, 2.24) is 10.2 Å². The van der Waals surface area contributed by atoms with Crippen molar-refractivity contribution in [3.05, 3.63) is 0 Å². The van der Waals surface area contributed by atoms with Crippen LogP contribution in [-0.2, 0) is 4.74 Å². The molecule has 0 spiro atoms. The van der Waals surface area contributed by atoms with Crippen molar-refractivity contribution in [1.29, 1.82) is 0 Å². The van der Waals surface area contributed by atoms with Crippen LogP contribution in [0.4, 0.5) is 0 Å². The lowest BCUT2D eigenvalue weighted by atomic mass is 9.99. The largest absolute Gasteiger partial charge is 0.394 e. The van der Waals surface area contributed by atoms with E-state index >= 15 is 0 Å². The third kappa shape index (κ3) is 4.92. The fourth-order valence-corrected chi connectivity index (χ4v) is 2.58. The van der Waals surface area contributed by atoms with Gasteiger partial charge >= 0.3 is 0 Å². The van der Waals surface area contributed by atoms with Gasteiger partial charge in [0, 0.05) is 25.7 Å². The van der Waals surface area contributed by atoms with Crippen molar-refractivity contribution in [3.8, 4) is 0 Å². The van der Waals surface area contributed by atoms with E-state index < -0.39 is 0 Å². The number of nitrogens with zero attached hydrogens (tertiary/aromatic N) is 1. The number of hydrogen-bond acceptors (Lipinski definition) is 4. The predicted molar refractivity (Wildman–Crippen MR) is 70.2 cm³/mol. The van der Waals surface area contributed by atoms with Crippen LogP contribution < -0.4 is 5.32 Å². The molecule has 1 unspecified atom stereocenters. The zero-order valence-electron chi connectivity index (χ0n) is 11.9. The maximum atomic E-state index is 9.57. The average molecular weight is 244 g/mol. The van der Waals surface area contributed by atoms with Crippen molar-refractivity contribution in [2.24, 2.45) is 0 Å². The highest BCUT2D eigenvalue weighted by Gasteiger charge is 2.32. The highest BCUT2D eigenvalue weighted by atomic mass is 16.5. The Morgan fingerprint density at radius 1 is 1.47 bits per heavy atom. The standard InChI is InChI=1S/C13H28N2O2/c1-11(2)14-13(5,10-16)9-15-6-7-17-12(3,4)8-15/h11,14,16H,6-10H2,1-5H3. The van der Waals surface area contributed by atoms with Gasteiger partial charge in [0.05, 0.1) is 24.4 Å². The fraction of sp³-hybridized carbons (Fsp3) is 1.00. The van der Waals surface area contributed by atoms with Gasteiger partial charge < -0.3 is 15.2 Å². The Balaban J connectivity index is 2.55. The topological polar surface area (TPSA) is 44.7 Å². The first-order chi connectivity index (χ1) is 7.76. The molecule has 1 aliphatic heterocycles. The molecule has 4 heteroatoms. The van der Waals surface area contributed by atoms with Gasteiger partial charge in [-0.3, -0.25) is 4.90 Å². The molecule has 0 aromatic carbocycles. The van der Waals surface area contributed by atoms with Gasteiger partial charge in [-0.1, -0.05) is 13.8 Å². The van der Waals surface area contributed by atoms with Crippen LogP contribution in [0.2, 0.25) is 0 Å². The van der Waals surface area contributed by atoms with Crippen LogP contribution in [-0.4, -0.2) is 60.0 Å². The Morgan fingerprint density at radius 2 is 2.12 bits per heavy atom. The van der Waals surface area contributed by atoms with Crippen LogP contribution in [0.3, 0.4) is 0 Å². The van der Waals surface area contributed by atoms with Crippen LogP contribution in [0.15, 0.2) is 0 Å². The molecule has 0 radical (unpaired) electrons. The Labute approximate surface area is 105 Å². The summed E-state index contributed by atoms with van der Waals surface area (Å²) in [5.74, 6) is 0. The van der Waals surface area contributed by atoms with Crippen molar-refractivity contribution >= 4 is 0 Å². The Kier molecular flexibility index (Phi) is 4.95. The summed E-state index contributed by atoms with van der Waals surface area (Å²) < 4.78 is 5.70. The maximum absolute atomic E-state index is 9.57. The van der Waals surface area contributed by atoms with E-state index in [1.54, 1.807) is 0 Å². The van der Waals surface area contributed by atoms with Gasteiger partial charge in [0.15, 0.2) is 0 Å². The van der Waals surface area contributed by atoms with E-state index in [-0.39, 0.29) is 17.7 Å². The average Bonchev–Trinajstić information content (AvgIpc) is 2.14. The first-order valence-corrected chi connectivity index (χ1v) is 6.51. The van der Waals surface area contributed by atoms with Crippen molar-refractivity contribution in [2.75, 3.05) is 32.8 Å². The molecule has 1 atom stereocenters. The minimum Gasteiger partial charge on any atom is -0.394 e. The zero-order valence-corrected chi connectivity index (χ0v) is 11.9. The highest BCUT2D eigenvalue weighted by molar-refractivity contribution is 4.90. The molecule has 1 fully saturated rings. The summed E-state index contributed by atoms with van der Waals surface area (Å²) in [7, 11) is 0. The smallest absolute Gasteiger partial charge is 0.0753 e. The lowest BCUT2D eigenvalue weighted by Crippen LogP contribution is -2.59. The highest BCUT2D eigenvalue weighted by Crippen LogP contribution is 2.18.